The maximum absolute atomic E-state index is 13.4. The van der Waals surface area contributed by atoms with Gasteiger partial charge in [-0.3, -0.25) is 10.1 Å². The van der Waals surface area contributed by atoms with Gasteiger partial charge in [-0.15, -0.1) is 0 Å². The van der Waals surface area contributed by atoms with Crippen LogP contribution < -0.4 is 0 Å². The van der Waals surface area contributed by atoms with Gasteiger partial charge < -0.3 is 0 Å². The molecule has 0 amide bonds. The molecule has 3 aromatic rings. The Morgan fingerprint density at radius 3 is 2.44 bits per heavy atom. The number of nitro groups is 1. The van der Waals surface area contributed by atoms with E-state index in [1.54, 1.807) is 0 Å². The summed E-state index contributed by atoms with van der Waals surface area (Å²) >= 11 is 5.80. The Kier molecular flexibility index (Phi) is 4.21. The molecule has 0 bridgehead atoms. The lowest BCUT2D eigenvalue weighted by atomic mass is 10.1. The lowest BCUT2D eigenvalue weighted by Gasteiger charge is -2.07. The molecule has 6 nitrogen and oxygen atoms in total. The van der Waals surface area contributed by atoms with Crippen LogP contribution in [0, 0.1) is 10.1 Å². The van der Waals surface area contributed by atoms with Crippen molar-refractivity contribution in [3.8, 4) is 0 Å². The molecule has 0 N–H and O–H groups in total. The highest BCUT2D eigenvalue weighted by Gasteiger charge is 2.29. The number of benzene rings is 2. The van der Waals surface area contributed by atoms with E-state index in [4.69, 9.17) is 11.6 Å². The van der Waals surface area contributed by atoms with E-state index >= 15 is 0 Å². The van der Waals surface area contributed by atoms with Crippen LogP contribution >= 0.6 is 11.6 Å². The van der Waals surface area contributed by atoms with Gasteiger partial charge in [0, 0.05) is 17.3 Å². The minimum Gasteiger partial charge on any atom is -0.258 e. The molecule has 2 aromatic carbocycles. The monoisotopic (exact) mass is 386 g/mol. The van der Waals surface area contributed by atoms with Crippen molar-refractivity contribution in [3.05, 3.63) is 69.4 Å². The summed E-state index contributed by atoms with van der Waals surface area (Å²) in [5, 5.41) is 10.9. The summed E-state index contributed by atoms with van der Waals surface area (Å²) in [5.41, 5.74) is -1.52. The Balaban J connectivity index is 2.38. The lowest BCUT2D eigenvalue weighted by molar-refractivity contribution is -0.383. The molecule has 0 spiro atoms. The Morgan fingerprint density at radius 1 is 1.16 bits per heavy atom. The molecule has 130 valence electrons. The average molecular weight is 387 g/mol. The minimum absolute atomic E-state index is 0.151. The van der Waals surface area contributed by atoms with E-state index in [1.807, 2.05) is 0 Å². The number of nitrogens with zero attached hydrogens (tertiary/aromatic N) is 2. The van der Waals surface area contributed by atoms with Crippen molar-refractivity contribution in [1.29, 1.82) is 0 Å². The molecular formula is C15H9ClF2N2O4S. The molecule has 1 heterocycles. The number of nitro benzene ring substituents is 1. The quantitative estimate of drug-likeness (QED) is 0.492. The third-order valence-electron chi connectivity index (χ3n) is 3.59. The summed E-state index contributed by atoms with van der Waals surface area (Å²) in [5.74, 6) is 0. The summed E-state index contributed by atoms with van der Waals surface area (Å²) in [4.78, 5) is 10.1. The first-order valence-electron chi connectivity index (χ1n) is 6.81. The maximum atomic E-state index is 13.4. The topological polar surface area (TPSA) is 82.2 Å². The van der Waals surface area contributed by atoms with Crippen molar-refractivity contribution >= 4 is 38.2 Å². The smallest absolute Gasteiger partial charge is 0.258 e. The van der Waals surface area contributed by atoms with Crippen molar-refractivity contribution in [3.63, 3.8) is 0 Å². The molecule has 0 aliphatic rings. The number of fused-ring (bicyclic) bond motifs is 1. The predicted octanol–water partition coefficient (Wildman–Crippen LogP) is 4.38. The number of hydrogen-bond acceptors (Lipinski definition) is 4. The van der Waals surface area contributed by atoms with Crippen molar-refractivity contribution in [2.24, 2.45) is 0 Å². The summed E-state index contributed by atoms with van der Waals surface area (Å²) < 4.78 is 52.9. The third kappa shape index (κ3) is 2.85. The zero-order valence-corrected chi connectivity index (χ0v) is 13.8. The highest BCUT2D eigenvalue weighted by molar-refractivity contribution is 7.90. The molecule has 0 unspecified atom stereocenters. The van der Waals surface area contributed by atoms with Gasteiger partial charge in [0.2, 0.25) is 0 Å². The summed E-state index contributed by atoms with van der Waals surface area (Å²) in [6.07, 6.45) is -2.38. The normalized spacial score (nSPS) is 12.0. The highest BCUT2D eigenvalue weighted by Crippen LogP contribution is 2.37. The van der Waals surface area contributed by atoms with E-state index in [0.29, 0.717) is 10.2 Å². The molecule has 0 radical (unpaired) electrons. The van der Waals surface area contributed by atoms with E-state index in [1.165, 1.54) is 36.4 Å². The van der Waals surface area contributed by atoms with Crippen LogP contribution in [0.5, 0.6) is 0 Å². The first kappa shape index (κ1) is 17.3. The minimum atomic E-state index is -4.27. The fraction of sp³-hybridized carbons (Fsp3) is 0.0667. The SMILES string of the molecule is O=[N+]([O-])c1cccc2c1c(C(F)F)cn2S(=O)(=O)c1cccc(Cl)c1. The van der Waals surface area contributed by atoms with E-state index in [2.05, 4.69) is 0 Å². The molecular weight excluding hydrogens is 378 g/mol. The van der Waals surface area contributed by atoms with Crippen LogP contribution in [0.25, 0.3) is 10.9 Å². The summed E-state index contributed by atoms with van der Waals surface area (Å²) in [7, 11) is -4.27. The van der Waals surface area contributed by atoms with Gasteiger partial charge >= 0.3 is 0 Å². The van der Waals surface area contributed by atoms with Crippen LogP contribution in [0.2, 0.25) is 5.02 Å². The van der Waals surface area contributed by atoms with Crippen molar-refractivity contribution in [1.82, 2.24) is 3.97 Å². The second-order valence-electron chi connectivity index (χ2n) is 5.07. The van der Waals surface area contributed by atoms with Crippen molar-refractivity contribution < 1.29 is 22.1 Å². The third-order valence-corrected chi connectivity index (χ3v) is 5.49. The molecule has 0 saturated carbocycles. The zero-order valence-electron chi connectivity index (χ0n) is 12.3. The molecule has 0 saturated heterocycles. The summed E-state index contributed by atoms with van der Waals surface area (Å²) in [6.45, 7) is 0. The van der Waals surface area contributed by atoms with Crippen molar-refractivity contribution in [2.75, 3.05) is 0 Å². The van der Waals surface area contributed by atoms with Gasteiger partial charge in [0.1, 0.15) is 0 Å². The molecule has 10 heteroatoms. The lowest BCUT2D eigenvalue weighted by Crippen LogP contribution is -2.11. The largest absolute Gasteiger partial charge is 0.279 e. The van der Waals surface area contributed by atoms with Gasteiger partial charge in [0.05, 0.1) is 26.3 Å². The highest BCUT2D eigenvalue weighted by atomic mass is 35.5. The van der Waals surface area contributed by atoms with Crippen molar-refractivity contribution in [2.45, 2.75) is 11.3 Å². The first-order chi connectivity index (χ1) is 11.7. The van der Waals surface area contributed by atoms with Gasteiger partial charge in [-0.05, 0) is 24.3 Å². The predicted molar refractivity (Wildman–Crippen MR) is 87.6 cm³/mol. The molecule has 1 aromatic heterocycles. The average Bonchev–Trinajstić information content (AvgIpc) is 2.95. The van der Waals surface area contributed by atoms with Crippen LogP contribution in [0.1, 0.15) is 12.0 Å². The standard InChI is InChI=1S/C15H9ClF2N2O4S/c16-9-3-1-4-10(7-9)25(23,24)19-8-11(15(17)18)14-12(19)5-2-6-13(14)20(21)22/h1-8,15H. The fourth-order valence-electron chi connectivity index (χ4n) is 2.53. The first-order valence-corrected chi connectivity index (χ1v) is 8.63. The molecule has 0 atom stereocenters. The van der Waals surface area contributed by atoms with Gasteiger partial charge in [-0.1, -0.05) is 23.7 Å². The number of rotatable bonds is 4. The number of halogens is 3. The molecule has 0 aliphatic carbocycles. The van der Waals surface area contributed by atoms with E-state index in [9.17, 15) is 27.3 Å². The molecule has 0 fully saturated rings. The van der Waals surface area contributed by atoms with E-state index in [0.717, 1.165) is 6.07 Å². The van der Waals surface area contributed by atoms with Crippen LogP contribution in [0.3, 0.4) is 0 Å². The van der Waals surface area contributed by atoms with Gasteiger partial charge in [-0.2, -0.15) is 0 Å². The molecule has 0 aliphatic heterocycles. The molecule has 25 heavy (non-hydrogen) atoms. The fourth-order valence-corrected chi connectivity index (χ4v) is 4.20. The Hall–Kier alpha value is -2.52. The van der Waals surface area contributed by atoms with Gasteiger partial charge in [0.15, 0.2) is 0 Å². The number of non-ortho nitro benzene ring substituents is 1. The van der Waals surface area contributed by atoms with Gasteiger partial charge in [0.25, 0.3) is 22.1 Å². The maximum Gasteiger partial charge on any atom is 0.279 e. The Morgan fingerprint density at radius 2 is 1.84 bits per heavy atom. The number of alkyl halides is 2. The summed E-state index contributed by atoms with van der Waals surface area (Å²) in [6, 6.07) is 8.80. The van der Waals surface area contributed by atoms with Gasteiger partial charge in [-0.25, -0.2) is 21.2 Å². The second-order valence-corrected chi connectivity index (χ2v) is 7.32. The van der Waals surface area contributed by atoms with E-state index in [-0.39, 0.29) is 15.4 Å². The second kappa shape index (κ2) is 6.08. The van der Waals surface area contributed by atoms with E-state index < -0.39 is 38.0 Å². The van der Waals surface area contributed by atoms with Crippen LogP contribution in [0.4, 0.5) is 14.5 Å². The van der Waals surface area contributed by atoms with Crippen LogP contribution in [-0.4, -0.2) is 17.3 Å². The zero-order chi connectivity index (χ0) is 18.4. The Bertz CT molecular complexity index is 1100. The number of aromatic nitrogens is 1. The number of hydrogen-bond donors (Lipinski definition) is 0. The Labute approximate surface area is 145 Å². The van der Waals surface area contributed by atoms with Crippen LogP contribution in [0.15, 0.2) is 53.6 Å². The van der Waals surface area contributed by atoms with Crippen LogP contribution in [-0.2, 0) is 10.0 Å². The molecule has 3 rings (SSSR count).